The summed E-state index contributed by atoms with van der Waals surface area (Å²) >= 11 is 0. The first kappa shape index (κ1) is 13.6. The van der Waals surface area contributed by atoms with Gasteiger partial charge in [0.15, 0.2) is 17.6 Å². The summed E-state index contributed by atoms with van der Waals surface area (Å²) in [6.07, 6.45) is -0.522. The average molecular weight is 253 g/mol. The highest BCUT2D eigenvalue weighted by molar-refractivity contribution is 6.56. The standard InChI is InChI=1S/C11H7B5N2O2/c12-5-1-2-6-7(3-5)19-4-8(20-6)9-17-10(13,14)11(15,16)18-9/h1-3,8H,4H2,(H,17,18). The van der Waals surface area contributed by atoms with Crippen LogP contribution in [0, 0.1) is 0 Å². The van der Waals surface area contributed by atoms with Gasteiger partial charge in [-0.25, -0.2) is 0 Å². The minimum atomic E-state index is -1.62. The zero-order valence-electron chi connectivity index (χ0n) is 10.7. The van der Waals surface area contributed by atoms with Crippen LogP contribution >= 0.6 is 0 Å². The van der Waals surface area contributed by atoms with Gasteiger partial charge >= 0.3 is 0 Å². The van der Waals surface area contributed by atoms with Gasteiger partial charge in [-0.15, -0.1) is 0 Å². The molecule has 3 rings (SSSR count). The van der Waals surface area contributed by atoms with Gasteiger partial charge in [0.2, 0.25) is 0 Å². The van der Waals surface area contributed by atoms with Crippen LogP contribution in [0.2, 0.25) is 0 Å². The summed E-state index contributed by atoms with van der Waals surface area (Å²) in [7, 11) is 28.6. The lowest BCUT2D eigenvalue weighted by molar-refractivity contribution is 0.133. The van der Waals surface area contributed by atoms with Crippen molar-refractivity contribution in [3.63, 3.8) is 0 Å². The molecule has 10 radical (unpaired) electrons. The van der Waals surface area contributed by atoms with E-state index in [-0.39, 0.29) is 6.61 Å². The van der Waals surface area contributed by atoms with Crippen molar-refractivity contribution in [1.29, 1.82) is 0 Å². The molecular formula is C11H7B5N2O2. The summed E-state index contributed by atoms with van der Waals surface area (Å²) in [4.78, 5) is 4.07. The van der Waals surface area contributed by atoms with Gasteiger partial charge in [-0.2, -0.15) is 0 Å². The Morgan fingerprint density at radius 1 is 1.20 bits per heavy atom. The van der Waals surface area contributed by atoms with Gasteiger partial charge in [0.25, 0.3) is 0 Å². The van der Waals surface area contributed by atoms with E-state index in [9.17, 15) is 0 Å². The van der Waals surface area contributed by atoms with Crippen molar-refractivity contribution in [2.75, 3.05) is 6.61 Å². The molecule has 88 valence electrons. The van der Waals surface area contributed by atoms with E-state index in [1.54, 1.807) is 18.2 Å². The highest BCUT2D eigenvalue weighted by atomic mass is 16.6. The van der Waals surface area contributed by atoms with Gasteiger partial charge in [0.05, 0.1) is 31.4 Å². The number of hydrogen-bond donors (Lipinski definition) is 1. The molecule has 2 aliphatic heterocycles. The maximum Gasteiger partial charge on any atom is 0.189 e. The van der Waals surface area contributed by atoms with E-state index in [0.717, 1.165) is 0 Å². The molecule has 0 bridgehead atoms. The van der Waals surface area contributed by atoms with Crippen molar-refractivity contribution in [2.45, 2.75) is 16.8 Å². The molecule has 1 N–H and O–H groups in total. The van der Waals surface area contributed by atoms with Gasteiger partial charge in [-0.05, 0) is 22.8 Å². The number of amidine groups is 1. The Balaban J connectivity index is 1.84. The van der Waals surface area contributed by atoms with E-state index in [2.05, 4.69) is 10.3 Å². The molecule has 0 aliphatic carbocycles. The predicted molar refractivity (Wildman–Crippen MR) is 80.8 cm³/mol. The molecule has 0 fully saturated rings. The third kappa shape index (κ3) is 2.13. The topological polar surface area (TPSA) is 42.8 Å². The molecule has 1 unspecified atom stereocenters. The van der Waals surface area contributed by atoms with E-state index >= 15 is 0 Å². The molecule has 1 aromatic carbocycles. The molecule has 0 aromatic heterocycles. The third-order valence-electron chi connectivity index (χ3n) is 3.24. The van der Waals surface area contributed by atoms with Crippen LogP contribution in [0.1, 0.15) is 0 Å². The minimum absolute atomic E-state index is 0.217. The first-order valence-electron chi connectivity index (χ1n) is 6.01. The van der Waals surface area contributed by atoms with Crippen molar-refractivity contribution in [3.05, 3.63) is 18.2 Å². The third-order valence-corrected chi connectivity index (χ3v) is 3.24. The number of rotatable bonds is 1. The zero-order chi connectivity index (χ0) is 14.5. The maximum atomic E-state index is 5.76. The van der Waals surface area contributed by atoms with Crippen LogP contribution in [0.15, 0.2) is 23.2 Å². The summed E-state index contributed by atoms with van der Waals surface area (Å²) in [5.74, 6) is 1.46. The second-order valence-electron chi connectivity index (χ2n) is 4.94. The monoisotopic (exact) mass is 254 g/mol. The molecule has 1 atom stereocenters. The SMILES string of the molecule is [B]c1ccc2c(c1)OCC(C1=NC([B])([B])C([B])([B])N1)O2. The number of fused-ring (bicyclic) bond motifs is 1. The summed E-state index contributed by atoms with van der Waals surface area (Å²) in [5, 5.41) is -0.408. The zero-order valence-corrected chi connectivity index (χ0v) is 10.7. The lowest BCUT2D eigenvalue weighted by Gasteiger charge is -2.35. The van der Waals surface area contributed by atoms with Crippen LogP contribution in [-0.4, -0.2) is 68.5 Å². The second kappa shape index (κ2) is 4.30. The number of nitrogens with zero attached hydrogens (tertiary/aromatic N) is 1. The van der Waals surface area contributed by atoms with E-state index in [1.165, 1.54) is 0 Å². The quantitative estimate of drug-likeness (QED) is 0.568. The van der Waals surface area contributed by atoms with Gasteiger partial charge < -0.3 is 14.8 Å². The minimum Gasteiger partial charge on any atom is -0.485 e. The number of ether oxygens (including phenoxy) is 2. The van der Waals surface area contributed by atoms with E-state index in [0.29, 0.717) is 22.8 Å². The van der Waals surface area contributed by atoms with Crippen molar-refractivity contribution in [2.24, 2.45) is 4.99 Å². The normalized spacial score (nSPS) is 25.6. The van der Waals surface area contributed by atoms with Gasteiger partial charge in [-0.3, -0.25) is 4.99 Å². The Bertz CT molecular complexity index is 590. The Morgan fingerprint density at radius 2 is 1.95 bits per heavy atom. The van der Waals surface area contributed by atoms with Crippen LogP contribution in [-0.2, 0) is 0 Å². The summed E-state index contributed by atoms with van der Waals surface area (Å²) < 4.78 is 11.3. The molecule has 0 spiro atoms. The fourth-order valence-electron chi connectivity index (χ4n) is 2.01. The van der Waals surface area contributed by atoms with Crippen LogP contribution < -0.4 is 20.3 Å². The molecule has 2 aliphatic rings. The summed E-state index contributed by atoms with van der Waals surface area (Å²) in [6.45, 7) is 0.217. The Morgan fingerprint density at radius 3 is 2.60 bits per heavy atom. The van der Waals surface area contributed by atoms with Crippen molar-refractivity contribution < 1.29 is 9.47 Å². The number of nitrogens with one attached hydrogen (secondary N) is 1. The molecule has 0 saturated heterocycles. The molecule has 1 aromatic rings. The van der Waals surface area contributed by atoms with Gasteiger partial charge in [-0.1, -0.05) is 11.5 Å². The number of benzene rings is 1. The summed E-state index contributed by atoms with van der Waals surface area (Å²) in [5.41, 5.74) is 0.591. The van der Waals surface area contributed by atoms with Crippen LogP contribution in [0.25, 0.3) is 0 Å². The molecule has 4 nitrogen and oxygen atoms in total. The highest BCUT2D eigenvalue weighted by Crippen LogP contribution is 2.31. The molecule has 0 amide bonds. The lowest BCUT2D eigenvalue weighted by Crippen LogP contribution is -2.61. The Kier molecular flexibility index (Phi) is 2.92. The smallest absolute Gasteiger partial charge is 0.189 e. The molecule has 20 heavy (non-hydrogen) atoms. The van der Waals surface area contributed by atoms with Crippen LogP contribution in [0.3, 0.4) is 0 Å². The predicted octanol–water partition coefficient (Wildman–Crippen LogP) is -2.40. The van der Waals surface area contributed by atoms with E-state index in [4.69, 9.17) is 48.7 Å². The molecule has 0 saturated carbocycles. The van der Waals surface area contributed by atoms with Gasteiger partial charge in [0, 0.05) is 0 Å². The largest absolute Gasteiger partial charge is 0.485 e. The van der Waals surface area contributed by atoms with Gasteiger partial charge in [0.1, 0.15) is 20.3 Å². The highest BCUT2D eigenvalue weighted by Gasteiger charge is 2.43. The van der Waals surface area contributed by atoms with Crippen LogP contribution in [0.4, 0.5) is 0 Å². The lowest BCUT2D eigenvalue weighted by atomic mass is 9.39. The molecular weight excluding hydrogens is 246 g/mol. The van der Waals surface area contributed by atoms with Crippen LogP contribution in [0.5, 0.6) is 11.5 Å². The molecule has 9 heteroatoms. The number of hydrogen-bond acceptors (Lipinski definition) is 4. The van der Waals surface area contributed by atoms with Crippen molar-refractivity contribution in [1.82, 2.24) is 5.32 Å². The van der Waals surface area contributed by atoms with E-state index < -0.39 is 16.8 Å². The average Bonchev–Trinajstić information content (AvgIpc) is 2.58. The van der Waals surface area contributed by atoms with Crippen molar-refractivity contribution in [3.8, 4) is 11.5 Å². The summed E-state index contributed by atoms with van der Waals surface area (Å²) in [6, 6.07) is 5.10. The Labute approximate surface area is 124 Å². The molecule has 2 heterocycles. The first-order chi connectivity index (χ1) is 9.28. The van der Waals surface area contributed by atoms with Crippen molar-refractivity contribution >= 4 is 50.5 Å². The fourth-order valence-corrected chi connectivity index (χ4v) is 2.01. The maximum absolute atomic E-state index is 5.76. The number of aliphatic imine (C=N–C) groups is 1. The first-order valence-corrected chi connectivity index (χ1v) is 6.01. The second-order valence-corrected chi connectivity index (χ2v) is 4.94. The van der Waals surface area contributed by atoms with E-state index in [1.807, 2.05) is 0 Å². The fraction of sp³-hybridized carbons (Fsp3) is 0.364. The Hall–Kier alpha value is -1.39.